The summed E-state index contributed by atoms with van der Waals surface area (Å²) in [6.45, 7) is -1.65. The number of carbonyl (C=O) groups excluding carboxylic acids is 2. The third kappa shape index (κ3) is 4.68. The molecule has 0 aliphatic carbocycles. The summed E-state index contributed by atoms with van der Waals surface area (Å²) < 4.78 is 45.4. The van der Waals surface area contributed by atoms with Crippen LogP contribution in [0, 0.1) is 5.92 Å². The number of hydrogen-bond donors (Lipinski definition) is 1. The second-order valence-corrected chi connectivity index (χ2v) is 7.31. The molecule has 2 amide bonds. The van der Waals surface area contributed by atoms with Crippen LogP contribution in [0.1, 0.15) is 12.0 Å². The number of hydrogen-bond acceptors (Lipinski definition) is 6. The molecular formula is C22H22F2N2O6. The molecule has 0 saturated carbocycles. The number of alkyl halides is 2. The van der Waals surface area contributed by atoms with Crippen molar-refractivity contribution in [3.63, 3.8) is 0 Å². The summed E-state index contributed by atoms with van der Waals surface area (Å²) in [5.74, 6) is 0.303. The number of amides is 2. The van der Waals surface area contributed by atoms with Crippen molar-refractivity contribution in [1.29, 1.82) is 0 Å². The number of rotatable bonds is 7. The highest BCUT2D eigenvalue weighted by Gasteiger charge is 2.35. The average molecular weight is 448 g/mol. The van der Waals surface area contributed by atoms with Crippen LogP contribution in [0.25, 0.3) is 0 Å². The molecule has 2 aliphatic heterocycles. The van der Waals surface area contributed by atoms with Crippen molar-refractivity contribution in [2.24, 2.45) is 5.92 Å². The lowest BCUT2D eigenvalue weighted by Gasteiger charge is -2.22. The molecule has 10 heteroatoms. The van der Waals surface area contributed by atoms with Crippen molar-refractivity contribution in [2.75, 3.05) is 31.8 Å². The highest BCUT2D eigenvalue weighted by molar-refractivity contribution is 6.00. The van der Waals surface area contributed by atoms with Crippen molar-refractivity contribution in [1.82, 2.24) is 5.32 Å². The lowest BCUT2D eigenvalue weighted by Crippen LogP contribution is -2.32. The summed E-state index contributed by atoms with van der Waals surface area (Å²) in [5.41, 5.74) is 1.29. The minimum Gasteiger partial charge on any atom is -0.493 e. The monoisotopic (exact) mass is 448 g/mol. The Morgan fingerprint density at radius 1 is 1.16 bits per heavy atom. The molecule has 1 unspecified atom stereocenters. The van der Waals surface area contributed by atoms with Gasteiger partial charge in [0.25, 0.3) is 0 Å². The fourth-order valence-electron chi connectivity index (χ4n) is 3.68. The molecule has 1 atom stereocenters. The molecule has 170 valence electrons. The third-order valence-electron chi connectivity index (χ3n) is 5.24. The lowest BCUT2D eigenvalue weighted by molar-refractivity contribution is -0.126. The van der Waals surface area contributed by atoms with Crippen LogP contribution in [0.2, 0.25) is 0 Å². The molecule has 1 saturated heterocycles. The Bertz CT molecular complexity index is 1020. The van der Waals surface area contributed by atoms with E-state index in [0.717, 1.165) is 0 Å². The van der Waals surface area contributed by atoms with Gasteiger partial charge in [0.15, 0.2) is 23.0 Å². The van der Waals surface area contributed by atoms with Crippen molar-refractivity contribution in [2.45, 2.75) is 19.6 Å². The molecule has 0 bridgehead atoms. The first kappa shape index (κ1) is 21.7. The molecule has 0 aromatic heterocycles. The van der Waals surface area contributed by atoms with E-state index in [-0.39, 0.29) is 42.8 Å². The highest BCUT2D eigenvalue weighted by atomic mass is 19.3. The maximum Gasteiger partial charge on any atom is 0.387 e. The minimum atomic E-state index is -2.97. The molecule has 2 heterocycles. The smallest absolute Gasteiger partial charge is 0.387 e. The van der Waals surface area contributed by atoms with Crippen molar-refractivity contribution in [3.8, 4) is 23.0 Å². The normalized spacial score (nSPS) is 17.4. The van der Waals surface area contributed by atoms with Crippen LogP contribution in [0.5, 0.6) is 23.0 Å². The number of ether oxygens (including phenoxy) is 4. The van der Waals surface area contributed by atoms with Gasteiger partial charge < -0.3 is 29.2 Å². The van der Waals surface area contributed by atoms with E-state index >= 15 is 0 Å². The largest absolute Gasteiger partial charge is 0.493 e. The van der Waals surface area contributed by atoms with Gasteiger partial charge in [0.2, 0.25) is 11.8 Å². The fraction of sp³-hybridized carbons (Fsp3) is 0.364. The van der Waals surface area contributed by atoms with Crippen molar-refractivity contribution < 1.29 is 37.3 Å². The van der Waals surface area contributed by atoms with Gasteiger partial charge in [0.1, 0.15) is 13.2 Å². The summed E-state index contributed by atoms with van der Waals surface area (Å²) in [6.07, 6.45) is 0.0881. The van der Waals surface area contributed by atoms with Crippen LogP contribution in [0.3, 0.4) is 0 Å². The second kappa shape index (κ2) is 9.29. The Morgan fingerprint density at radius 2 is 1.94 bits per heavy atom. The Balaban J connectivity index is 1.37. The number of carbonyl (C=O) groups is 2. The summed E-state index contributed by atoms with van der Waals surface area (Å²) in [5, 5.41) is 2.79. The van der Waals surface area contributed by atoms with E-state index in [1.165, 1.54) is 19.2 Å². The van der Waals surface area contributed by atoms with Crippen LogP contribution >= 0.6 is 0 Å². The fourth-order valence-corrected chi connectivity index (χ4v) is 3.68. The van der Waals surface area contributed by atoms with Crippen molar-refractivity contribution >= 4 is 17.5 Å². The SMILES string of the molecule is COc1cc(CNC(=O)C2CC(=O)N(c3ccc4c(c3)OCCO4)C2)ccc1OC(F)F. The van der Waals surface area contributed by atoms with Gasteiger partial charge in [-0.3, -0.25) is 9.59 Å². The van der Waals surface area contributed by atoms with Gasteiger partial charge in [-0.05, 0) is 29.8 Å². The molecule has 0 radical (unpaired) electrons. The van der Waals surface area contributed by atoms with Gasteiger partial charge in [-0.25, -0.2) is 0 Å². The number of methoxy groups -OCH3 is 1. The minimum absolute atomic E-state index is 0.0881. The summed E-state index contributed by atoms with van der Waals surface area (Å²) >= 11 is 0. The van der Waals surface area contributed by atoms with E-state index in [0.29, 0.717) is 36.0 Å². The zero-order valence-corrected chi connectivity index (χ0v) is 17.3. The van der Waals surface area contributed by atoms with Gasteiger partial charge in [-0.2, -0.15) is 8.78 Å². The van der Waals surface area contributed by atoms with E-state index in [9.17, 15) is 18.4 Å². The zero-order chi connectivity index (χ0) is 22.7. The zero-order valence-electron chi connectivity index (χ0n) is 17.3. The molecule has 0 spiro atoms. The number of nitrogens with zero attached hydrogens (tertiary/aromatic N) is 1. The lowest BCUT2D eigenvalue weighted by atomic mass is 10.1. The van der Waals surface area contributed by atoms with E-state index in [2.05, 4.69) is 10.1 Å². The van der Waals surface area contributed by atoms with Gasteiger partial charge in [0.05, 0.1) is 13.0 Å². The molecule has 2 aromatic carbocycles. The van der Waals surface area contributed by atoms with E-state index in [1.54, 1.807) is 29.2 Å². The van der Waals surface area contributed by atoms with Gasteiger partial charge in [-0.1, -0.05) is 6.07 Å². The van der Waals surface area contributed by atoms with Crippen LogP contribution in [0.4, 0.5) is 14.5 Å². The molecule has 4 rings (SSSR count). The van der Waals surface area contributed by atoms with Gasteiger partial charge in [-0.15, -0.1) is 0 Å². The molecule has 8 nitrogen and oxygen atoms in total. The predicted molar refractivity (Wildman–Crippen MR) is 109 cm³/mol. The number of nitrogens with one attached hydrogen (secondary N) is 1. The first-order chi connectivity index (χ1) is 15.4. The summed E-state index contributed by atoms with van der Waals surface area (Å²) in [6, 6.07) is 9.68. The highest BCUT2D eigenvalue weighted by Crippen LogP contribution is 2.36. The molecule has 32 heavy (non-hydrogen) atoms. The van der Waals surface area contributed by atoms with Gasteiger partial charge >= 0.3 is 6.61 Å². The second-order valence-electron chi connectivity index (χ2n) is 7.31. The van der Waals surface area contributed by atoms with Crippen LogP contribution in [-0.4, -0.2) is 45.3 Å². The first-order valence-electron chi connectivity index (χ1n) is 10.0. The number of fused-ring (bicyclic) bond motifs is 1. The quantitative estimate of drug-likeness (QED) is 0.701. The standard InChI is InChI=1S/C22H22F2N2O6/c1-29-18-8-13(2-4-17(18)32-22(23)24)11-25-21(28)14-9-20(27)26(12-14)15-3-5-16-19(10-15)31-7-6-30-16/h2-5,8,10,14,22H,6-7,9,11-12H2,1H3,(H,25,28). The van der Waals surface area contributed by atoms with Crippen LogP contribution < -0.4 is 29.2 Å². The maximum absolute atomic E-state index is 12.7. The van der Waals surface area contributed by atoms with Gasteiger partial charge in [0, 0.05) is 31.3 Å². The first-order valence-corrected chi connectivity index (χ1v) is 10.0. The Kier molecular flexibility index (Phi) is 6.29. The summed E-state index contributed by atoms with van der Waals surface area (Å²) in [4.78, 5) is 26.7. The molecule has 2 aromatic rings. The van der Waals surface area contributed by atoms with E-state index in [1.807, 2.05) is 0 Å². The Labute approximate surface area is 183 Å². The van der Waals surface area contributed by atoms with E-state index in [4.69, 9.17) is 14.2 Å². The number of halogens is 2. The van der Waals surface area contributed by atoms with Crippen LogP contribution in [0.15, 0.2) is 36.4 Å². The number of benzene rings is 2. The predicted octanol–water partition coefficient (Wildman–Crippen LogP) is 2.74. The van der Waals surface area contributed by atoms with Crippen molar-refractivity contribution in [3.05, 3.63) is 42.0 Å². The Morgan fingerprint density at radius 3 is 2.69 bits per heavy atom. The molecule has 1 N–H and O–H groups in total. The number of anilines is 1. The third-order valence-corrected chi connectivity index (χ3v) is 5.24. The average Bonchev–Trinajstić information content (AvgIpc) is 3.19. The molecular weight excluding hydrogens is 426 g/mol. The van der Waals surface area contributed by atoms with E-state index < -0.39 is 12.5 Å². The summed E-state index contributed by atoms with van der Waals surface area (Å²) in [7, 11) is 1.34. The van der Waals surface area contributed by atoms with Crippen LogP contribution in [-0.2, 0) is 16.1 Å². The molecule has 1 fully saturated rings. The molecule has 2 aliphatic rings. The Hall–Kier alpha value is -3.56. The topological polar surface area (TPSA) is 86.3 Å². The maximum atomic E-state index is 12.7.